The number of benzene rings is 7. The van der Waals surface area contributed by atoms with Crippen molar-refractivity contribution in [2.24, 2.45) is 0 Å². The van der Waals surface area contributed by atoms with Gasteiger partial charge in [-0.2, -0.15) is 0 Å². The minimum absolute atomic E-state index is 0.440. The lowest BCUT2D eigenvalue weighted by Crippen LogP contribution is -2.28. The number of hydrogen-bond donors (Lipinski definition) is 0. The zero-order chi connectivity index (χ0) is 29.3. The molecule has 8 rings (SSSR count). The highest BCUT2D eigenvalue weighted by Crippen LogP contribution is 2.56. The molecule has 0 fully saturated rings. The van der Waals surface area contributed by atoms with E-state index < -0.39 is 5.41 Å². The maximum atomic E-state index is 2.39. The van der Waals surface area contributed by atoms with Crippen LogP contribution in [0, 0.1) is 0 Å². The van der Waals surface area contributed by atoms with Gasteiger partial charge in [0.2, 0.25) is 0 Å². The molecule has 1 aliphatic rings. The van der Waals surface area contributed by atoms with E-state index in [0.29, 0.717) is 0 Å². The summed E-state index contributed by atoms with van der Waals surface area (Å²) in [6, 6.07) is 68.1. The predicted molar refractivity (Wildman–Crippen MR) is 184 cm³/mol. The van der Waals surface area contributed by atoms with Crippen LogP contribution in [0.2, 0.25) is 0 Å². The van der Waals surface area contributed by atoms with E-state index in [1.807, 2.05) is 0 Å². The Labute approximate surface area is 259 Å². The third-order valence-corrected chi connectivity index (χ3v) is 8.94. The van der Waals surface area contributed by atoms with E-state index in [-0.39, 0.29) is 0 Å². The van der Waals surface area contributed by atoms with Gasteiger partial charge in [-0.05, 0) is 80.9 Å². The molecule has 0 atom stereocenters. The Morgan fingerprint density at radius 2 is 0.773 bits per heavy atom. The molecule has 0 unspecified atom stereocenters. The fourth-order valence-electron chi connectivity index (χ4n) is 7.05. The summed E-state index contributed by atoms with van der Waals surface area (Å²) in [5.74, 6) is 0. The second-order valence-electron chi connectivity index (χ2n) is 11.3. The Bertz CT molecular complexity index is 2000. The Kier molecular flexibility index (Phi) is 6.43. The molecule has 0 aromatic heterocycles. The summed E-state index contributed by atoms with van der Waals surface area (Å²) in [6.45, 7) is 0. The van der Waals surface area contributed by atoms with Crippen LogP contribution in [-0.2, 0) is 5.41 Å². The van der Waals surface area contributed by atoms with Gasteiger partial charge < -0.3 is 4.90 Å². The maximum absolute atomic E-state index is 2.39. The zero-order valence-electron chi connectivity index (χ0n) is 24.3. The standard InChI is InChI=1S/C43H31N/c1-4-15-32(16-5-1)33-27-29-37(30-28-33)44(36-20-8-3-9-21-36)38-22-14-19-35(31-38)43(34-17-6-2-7-18-34)41-25-12-10-23-39(41)40-24-11-13-26-42(40)43/h1-31H. The first-order valence-electron chi connectivity index (χ1n) is 15.2. The van der Waals surface area contributed by atoms with Gasteiger partial charge in [0, 0.05) is 17.1 Å². The topological polar surface area (TPSA) is 3.24 Å². The SMILES string of the molecule is c1ccc(-c2ccc(N(c3ccccc3)c3cccc(C4(c5ccccc5)c5ccccc5-c5ccccc54)c3)cc2)cc1. The zero-order valence-corrected chi connectivity index (χ0v) is 24.3. The average Bonchev–Trinajstić information content (AvgIpc) is 3.41. The van der Waals surface area contributed by atoms with Gasteiger partial charge in [-0.15, -0.1) is 0 Å². The van der Waals surface area contributed by atoms with Crippen molar-refractivity contribution < 1.29 is 0 Å². The van der Waals surface area contributed by atoms with Gasteiger partial charge in [-0.25, -0.2) is 0 Å². The smallest absolute Gasteiger partial charge is 0.0714 e. The van der Waals surface area contributed by atoms with E-state index in [0.717, 1.165) is 17.1 Å². The molecule has 0 saturated heterocycles. The molecule has 0 spiro atoms. The highest BCUT2D eigenvalue weighted by atomic mass is 15.1. The van der Waals surface area contributed by atoms with Crippen molar-refractivity contribution in [2.45, 2.75) is 5.41 Å². The number of rotatable bonds is 6. The first kappa shape index (κ1) is 26.0. The summed E-state index contributed by atoms with van der Waals surface area (Å²) in [7, 11) is 0. The number of fused-ring (bicyclic) bond motifs is 3. The van der Waals surface area contributed by atoms with Gasteiger partial charge in [0.1, 0.15) is 0 Å². The molecule has 1 heteroatoms. The average molecular weight is 562 g/mol. The van der Waals surface area contributed by atoms with E-state index >= 15 is 0 Å². The van der Waals surface area contributed by atoms with Crippen LogP contribution in [0.1, 0.15) is 22.3 Å². The van der Waals surface area contributed by atoms with Gasteiger partial charge >= 0.3 is 0 Å². The van der Waals surface area contributed by atoms with Crippen molar-refractivity contribution in [3.63, 3.8) is 0 Å². The van der Waals surface area contributed by atoms with E-state index in [1.165, 1.54) is 44.5 Å². The summed E-state index contributed by atoms with van der Waals surface area (Å²) in [5.41, 5.74) is 13.1. The fraction of sp³-hybridized carbons (Fsp3) is 0.0233. The summed E-state index contributed by atoms with van der Waals surface area (Å²) < 4.78 is 0. The Morgan fingerprint density at radius 1 is 0.318 bits per heavy atom. The number of anilines is 3. The van der Waals surface area contributed by atoms with Crippen LogP contribution in [0.15, 0.2) is 188 Å². The first-order chi connectivity index (χ1) is 21.8. The Hall–Kier alpha value is -5.66. The fourth-order valence-corrected chi connectivity index (χ4v) is 7.05. The van der Waals surface area contributed by atoms with Crippen molar-refractivity contribution >= 4 is 17.1 Å². The molecule has 0 saturated carbocycles. The van der Waals surface area contributed by atoms with Gasteiger partial charge in [0.15, 0.2) is 0 Å². The van der Waals surface area contributed by atoms with Crippen LogP contribution in [0.5, 0.6) is 0 Å². The minimum atomic E-state index is -0.440. The second kappa shape index (κ2) is 10.9. The monoisotopic (exact) mass is 561 g/mol. The molecule has 0 amide bonds. The highest BCUT2D eigenvalue weighted by Gasteiger charge is 2.46. The lowest BCUT2D eigenvalue weighted by Gasteiger charge is -2.35. The third kappa shape index (κ3) is 4.17. The molecule has 0 N–H and O–H groups in total. The molecule has 0 bridgehead atoms. The van der Waals surface area contributed by atoms with Crippen LogP contribution in [0.3, 0.4) is 0 Å². The molecular formula is C43H31N. The summed E-state index contributed by atoms with van der Waals surface area (Å²) in [5, 5.41) is 0. The van der Waals surface area contributed by atoms with E-state index in [2.05, 4.69) is 193 Å². The van der Waals surface area contributed by atoms with Gasteiger partial charge in [-0.1, -0.05) is 152 Å². The van der Waals surface area contributed by atoms with Crippen LogP contribution in [0.25, 0.3) is 22.3 Å². The number of nitrogens with zero attached hydrogens (tertiary/aromatic N) is 1. The van der Waals surface area contributed by atoms with Crippen molar-refractivity contribution in [3.8, 4) is 22.3 Å². The molecule has 0 heterocycles. The van der Waals surface area contributed by atoms with Crippen molar-refractivity contribution in [2.75, 3.05) is 4.90 Å². The van der Waals surface area contributed by atoms with E-state index in [4.69, 9.17) is 0 Å². The second-order valence-corrected chi connectivity index (χ2v) is 11.3. The minimum Gasteiger partial charge on any atom is -0.310 e. The lowest BCUT2D eigenvalue weighted by atomic mass is 9.67. The predicted octanol–water partition coefficient (Wildman–Crippen LogP) is 11.2. The summed E-state index contributed by atoms with van der Waals surface area (Å²) >= 11 is 0. The summed E-state index contributed by atoms with van der Waals surface area (Å²) in [4.78, 5) is 2.36. The van der Waals surface area contributed by atoms with Crippen molar-refractivity contribution in [1.29, 1.82) is 0 Å². The largest absolute Gasteiger partial charge is 0.310 e. The molecule has 1 nitrogen and oxygen atoms in total. The number of hydrogen-bond acceptors (Lipinski definition) is 1. The van der Waals surface area contributed by atoms with Gasteiger partial charge in [0.25, 0.3) is 0 Å². The maximum Gasteiger partial charge on any atom is 0.0714 e. The molecule has 44 heavy (non-hydrogen) atoms. The summed E-state index contributed by atoms with van der Waals surface area (Å²) in [6.07, 6.45) is 0. The Morgan fingerprint density at radius 3 is 1.41 bits per heavy atom. The molecular weight excluding hydrogens is 530 g/mol. The van der Waals surface area contributed by atoms with Gasteiger partial charge in [-0.3, -0.25) is 0 Å². The van der Waals surface area contributed by atoms with Crippen LogP contribution in [-0.4, -0.2) is 0 Å². The third-order valence-electron chi connectivity index (χ3n) is 8.94. The van der Waals surface area contributed by atoms with E-state index in [1.54, 1.807) is 0 Å². The molecule has 208 valence electrons. The van der Waals surface area contributed by atoms with Crippen LogP contribution >= 0.6 is 0 Å². The first-order valence-corrected chi connectivity index (χ1v) is 15.2. The van der Waals surface area contributed by atoms with E-state index in [9.17, 15) is 0 Å². The molecule has 1 aliphatic carbocycles. The van der Waals surface area contributed by atoms with Gasteiger partial charge in [0.05, 0.1) is 5.41 Å². The normalized spacial score (nSPS) is 12.7. The van der Waals surface area contributed by atoms with Crippen molar-refractivity contribution in [3.05, 3.63) is 210 Å². The molecule has 7 aromatic carbocycles. The van der Waals surface area contributed by atoms with Crippen LogP contribution in [0.4, 0.5) is 17.1 Å². The lowest BCUT2D eigenvalue weighted by molar-refractivity contribution is 0.768. The molecule has 0 radical (unpaired) electrons. The molecule has 7 aromatic rings. The number of para-hydroxylation sites is 1. The van der Waals surface area contributed by atoms with Crippen molar-refractivity contribution in [1.82, 2.24) is 0 Å². The quantitative estimate of drug-likeness (QED) is 0.195. The highest BCUT2D eigenvalue weighted by molar-refractivity contribution is 5.87. The molecule has 0 aliphatic heterocycles. The Balaban J connectivity index is 1.34. The van der Waals surface area contributed by atoms with Crippen LogP contribution < -0.4 is 4.90 Å².